The minimum atomic E-state index is -4.49. The summed E-state index contributed by atoms with van der Waals surface area (Å²) in [4.78, 5) is 22.4. The van der Waals surface area contributed by atoms with Crippen molar-refractivity contribution in [3.63, 3.8) is 0 Å². The second-order valence-electron chi connectivity index (χ2n) is 4.65. The predicted octanol–water partition coefficient (Wildman–Crippen LogP) is 1.83. The van der Waals surface area contributed by atoms with Gasteiger partial charge in [-0.2, -0.15) is 13.2 Å². The van der Waals surface area contributed by atoms with Crippen molar-refractivity contribution in [2.45, 2.75) is 12.8 Å². The molecule has 0 atom stereocenters. The molecule has 3 N–H and O–H groups in total. The van der Waals surface area contributed by atoms with Crippen LogP contribution in [0, 0.1) is 0 Å². The van der Waals surface area contributed by atoms with Crippen molar-refractivity contribution in [3.05, 3.63) is 34.9 Å². The Balaban J connectivity index is 2.08. The summed E-state index contributed by atoms with van der Waals surface area (Å²) in [5.41, 5.74) is 0.810. The number of carbonyl (C=O) groups excluding carboxylic acids is 2. The van der Waals surface area contributed by atoms with Crippen LogP contribution in [0.5, 0.6) is 0 Å². The average Bonchev–Trinajstić information content (AvgIpc) is 2.51. The molecule has 0 bridgehead atoms. The Morgan fingerprint density at radius 2 is 1.83 bits per heavy atom. The van der Waals surface area contributed by atoms with Crippen LogP contribution in [-0.2, 0) is 16.1 Å². The topological polar surface area (TPSA) is 79.5 Å². The van der Waals surface area contributed by atoms with E-state index in [0.717, 1.165) is 5.56 Å². The predicted molar refractivity (Wildman–Crippen MR) is 81.6 cm³/mol. The molecule has 0 aliphatic heterocycles. The number of ether oxygens (including phenoxy) is 1. The molecule has 0 saturated carbocycles. The van der Waals surface area contributed by atoms with Crippen LogP contribution in [0.25, 0.3) is 0 Å². The summed E-state index contributed by atoms with van der Waals surface area (Å²) in [5.74, 6) is -0.933. The highest BCUT2D eigenvalue weighted by Gasteiger charge is 2.27. The molecular formula is C14H17ClF3N3O3. The van der Waals surface area contributed by atoms with Crippen molar-refractivity contribution in [2.24, 2.45) is 0 Å². The van der Waals surface area contributed by atoms with E-state index in [2.05, 4.69) is 10.6 Å². The van der Waals surface area contributed by atoms with Gasteiger partial charge >= 0.3 is 12.2 Å². The molecule has 134 valence electrons. The summed E-state index contributed by atoms with van der Waals surface area (Å²) >= 11 is 5.94. The van der Waals surface area contributed by atoms with Crippen LogP contribution >= 0.6 is 11.6 Å². The molecule has 0 spiro atoms. The molecular weight excluding hydrogens is 351 g/mol. The van der Waals surface area contributed by atoms with Gasteiger partial charge in [-0.3, -0.25) is 4.79 Å². The van der Waals surface area contributed by atoms with Gasteiger partial charge in [0, 0.05) is 11.6 Å². The molecule has 0 aliphatic carbocycles. The smallest absolute Gasteiger partial charge is 0.375 e. The van der Waals surface area contributed by atoms with Crippen LogP contribution in [0.3, 0.4) is 0 Å². The number of amides is 3. The monoisotopic (exact) mass is 367 g/mol. The van der Waals surface area contributed by atoms with Gasteiger partial charge in [-0.1, -0.05) is 29.8 Å². The van der Waals surface area contributed by atoms with E-state index in [4.69, 9.17) is 16.3 Å². The molecule has 1 rings (SSSR count). The number of hydrogen-bond donors (Lipinski definition) is 3. The zero-order valence-electron chi connectivity index (χ0n) is 12.6. The fraction of sp³-hybridized carbons (Fsp3) is 0.429. The molecule has 3 amide bonds. The largest absolute Gasteiger partial charge is 0.405 e. The molecule has 24 heavy (non-hydrogen) atoms. The lowest BCUT2D eigenvalue weighted by Gasteiger charge is -2.10. The maximum absolute atomic E-state index is 11.9. The first kappa shape index (κ1) is 20.0. The van der Waals surface area contributed by atoms with Crippen LogP contribution in [-0.4, -0.2) is 44.4 Å². The summed E-state index contributed by atoms with van der Waals surface area (Å²) in [6, 6.07) is 6.47. The van der Waals surface area contributed by atoms with Gasteiger partial charge in [-0.15, -0.1) is 0 Å². The summed E-state index contributed by atoms with van der Waals surface area (Å²) in [6.07, 6.45) is -4.49. The Morgan fingerprint density at radius 1 is 1.12 bits per heavy atom. The SMILES string of the molecule is O=C(CNC(=O)NCCOCc1ccccc1Cl)NCC(F)(F)F. The second-order valence-corrected chi connectivity index (χ2v) is 5.05. The minimum Gasteiger partial charge on any atom is -0.375 e. The van der Waals surface area contributed by atoms with Crippen LogP contribution in [0.2, 0.25) is 5.02 Å². The highest BCUT2D eigenvalue weighted by molar-refractivity contribution is 6.31. The fourth-order valence-corrected chi connectivity index (χ4v) is 1.71. The lowest BCUT2D eigenvalue weighted by Crippen LogP contribution is -2.44. The quantitative estimate of drug-likeness (QED) is 0.613. The number of halogens is 4. The van der Waals surface area contributed by atoms with E-state index in [-0.39, 0.29) is 19.8 Å². The summed E-state index contributed by atoms with van der Waals surface area (Å²) in [6.45, 7) is -1.34. The Labute approximate surface area is 141 Å². The van der Waals surface area contributed by atoms with Crippen LogP contribution in [0.1, 0.15) is 5.56 Å². The lowest BCUT2D eigenvalue weighted by atomic mass is 10.2. The Morgan fingerprint density at radius 3 is 2.50 bits per heavy atom. The molecule has 0 aromatic heterocycles. The van der Waals surface area contributed by atoms with Gasteiger partial charge in [-0.25, -0.2) is 4.79 Å². The van der Waals surface area contributed by atoms with Crippen molar-refractivity contribution >= 4 is 23.5 Å². The Bertz CT molecular complexity index is 556. The highest BCUT2D eigenvalue weighted by Crippen LogP contribution is 2.15. The molecule has 1 aromatic rings. The minimum absolute atomic E-state index is 0.167. The fourth-order valence-electron chi connectivity index (χ4n) is 1.52. The van der Waals surface area contributed by atoms with Gasteiger partial charge in [0.2, 0.25) is 5.91 Å². The third kappa shape index (κ3) is 9.21. The van der Waals surface area contributed by atoms with Gasteiger partial charge in [0.05, 0.1) is 19.8 Å². The van der Waals surface area contributed by atoms with Gasteiger partial charge < -0.3 is 20.7 Å². The van der Waals surface area contributed by atoms with E-state index in [1.54, 1.807) is 17.4 Å². The van der Waals surface area contributed by atoms with Crippen LogP contribution in [0.4, 0.5) is 18.0 Å². The summed E-state index contributed by atoms with van der Waals surface area (Å²) in [7, 11) is 0. The second kappa shape index (κ2) is 9.99. The van der Waals surface area contributed by atoms with E-state index in [1.807, 2.05) is 12.1 Å². The van der Waals surface area contributed by atoms with E-state index < -0.39 is 31.2 Å². The number of urea groups is 1. The van der Waals surface area contributed by atoms with E-state index in [0.29, 0.717) is 5.02 Å². The maximum Gasteiger partial charge on any atom is 0.405 e. The molecule has 0 saturated heterocycles. The van der Waals surface area contributed by atoms with Gasteiger partial charge in [0.1, 0.15) is 6.54 Å². The normalized spacial score (nSPS) is 11.0. The van der Waals surface area contributed by atoms with E-state index in [1.165, 1.54) is 0 Å². The first-order valence-corrected chi connectivity index (χ1v) is 7.32. The van der Waals surface area contributed by atoms with Crippen molar-refractivity contribution in [3.8, 4) is 0 Å². The van der Waals surface area contributed by atoms with Crippen LogP contribution in [0.15, 0.2) is 24.3 Å². The van der Waals surface area contributed by atoms with Gasteiger partial charge in [-0.05, 0) is 11.6 Å². The number of hydrogen-bond acceptors (Lipinski definition) is 3. The molecule has 0 fully saturated rings. The van der Waals surface area contributed by atoms with Gasteiger partial charge in [0.25, 0.3) is 0 Å². The highest BCUT2D eigenvalue weighted by atomic mass is 35.5. The first-order valence-electron chi connectivity index (χ1n) is 6.94. The third-order valence-electron chi connectivity index (χ3n) is 2.64. The lowest BCUT2D eigenvalue weighted by molar-refractivity contribution is -0.137. The Hall–Kier alpha value is -2.00. The van der Waals surface area contributed by atoms with Crippen molar-refractivity contribution < 1.29 is 27.5 Å². The maximum atomic E-state index is 11.9. The zero-order valence-corrected chi connectivity index (χ0v) is 13.3. The third-order valence-corrected chi connectivity index (χ3v) is 3.01. The molecule has 0 aliphatic rings. The van der Waals surface area contributed by atoms with Crippen molar-refractivity contribution in [1.29, 1.82) is 0 Å². The van der Waals surface area contributed by atoms with Gasteiger partial charge in [0.15, 0.2) is 0 Å². The Kier molecular flexibility index (Phi) is 8.34. The van der Waals surface area contributed by atoms with E-state index in [9.17, 15) is 22.8 Å². The number of carbonyl (C=O) groups is 2. The molecule has 0 radical (unpaired) electrons. The molecule has 1 aromatic carbocycles. The molecule has 0 heterocycles. The van der Waals surface area contributed by atoms with Crippen LogP contribution < -0.4 is 16.0 Å². The molecule has 6 nitrogen and oxygen atoms in total. The van der Waals surface area contributed by atoms with E-state index >= 15 is 0 Å². The molecule has 10 heteroatoms. The number of nitrogens with one attached hydrogen (secondary N) is 3. The summed E-state index contributed by atoms with van der Waals surface area (Å²) in [5, 5.41) is 6.74. The summed E-state index contributed by atoms with van der Waals surface area (Å²) < 4.78 is 40.9. The van der Waals surface area contributed by atoms with Crippen molar-refractivity contribution in [2.75, 3.05) is 26.2 Å². The zero-order chi connectivity index (χ0) is 18.0. The average molecular weight is 368 g/mol. The first-order chi connectivity index (χ1) is 11.3. The number of benzene rings is 1. The van der Waals surface area contributed by atoms with Crippen molar-refractivity contribution in [1.82, 2.24) is 16.0 Å². The number of alkyl halides is 3. The number of rotatable bonds is 8. The standard InChI is InChI=1S/C14H17ClF3N3O3/c15-11-4-2-1-3-10(11)8-24-6-5-19-13(23)20-7-12(22)21-9-14(16,17)18/h1-4H,5-9H2,(H,21,22)(H2,19,20,23). The molecule has 0 unspecified atom stereocenters.